The Kier molecular flexibility index (Phi) is 3.80. The Morgan fingerprint density at radius 1 is 1.37 bits per heavy atom. The predicted octanol–water partition coefficient (Wildman–Crippen LogP) is 1.14. The van der Waals surface area contributed by atoms with E-state index in [0.29, 0.717) is 30.0 Å². The molecule has 6 nitrogen and oxygen atoms in total. The van der Waals surface area contributed by atoms with E-state index in [1.807, 2.05) is 0 Å². The molecule has 0 bridgehead atoms. The van der Waals surface area contributed by atoms with E-state index in [9.17, 15) is 9.90 Å². The number of carbonyl (C=O) groups is 1. The molecule has 1 aromatic rings. The van der Waals surface area contributed by atoms with Crippen molar-refractivity contribution in [1.82, 2.24) is 5.32 Å². The Morgan fingerprint density at radius 2 is 2.11 bits per heavy atom. The molecule has 1 saturated heterocycles. The summed E-state index contributed by atoms with van der Waals surface area (Å²) < 4.78 is 10.5. The molecule has 1 aliphatic heterocycles. The minimum absolute atomic E-state index is 0.0705. The van der Waals surface area contributed by atoms with Gasteiger partial charge in [0.1, 0.15) is 5.75 Å². The van der Waals surface area contributed by atoms with Gasteiger partial charge in [-0.1, -0.05) is 0 Å². The number of hydrogen-bond acceptors (Lipinski definition) is 5. The quantitative estimate of drug-likeness (QED) is 0.758. The predicted molar refractivity (Wildman–Crippen MR) is 67.7 cm³/mol. The van der Waals surface area contributed by atoms with Crippen LogP contribution in [0, 0.1) is 5.92 Å². The van der Waals surface area contributed by atoms with E-state index in [4.69, 9.17) is 14.6 Å². The molecule has 1 aromatic carbocycles. The molecule has 0 amide bonds. The van der Waals surface area contributed by atoms with Crippen molar-refractivity contribution in [1.29, 1.82) is 0 Å². The van der Waals surface area contributed by atoms with Gasteiger partial charge in [-0.15, -0.1) is 0 Å². The van der Waals surface area contributed by atoms with Crippen molar-refractivity contribution in [3.8, 4) is 17.2 Å². The number of aromatic hydroxyl groups is 1. The van der Waals surface area contributed by atoms with E-state index >= 15 is 0 Å². The van der Waals surface area contributed by atoms with Crippen molar-refractivity contribution >= 4 is 5.97 Å². The highest BCUT2D eigenvalue weighted by Gasteiger charge is 2.34. The van der Waals surface area contributed by atoms with E-state index in [2.05, 4.69) is 5.32 Å². The first kappa shape index (κ1) is 13.5. The summed E-state index contributed by atoms with van der Waals surface area (Å²) in [6, 6.07) is 2.87. The van der Waals surface area contributed by atoms with Gasteiger partial charge in [0.05, 0.1) is 25.7 Å². The molecule has 0 spiro atoms. The second-order valence-corrected chi connectivity index (χ2v) is 4.47. The molecule has 6 heteroatoms. The number of carboxylic acid groups (broad SMARTS) is 1. The van der Waals surface area contributed by atoms with Gasteiger partial charge in [-0.2, -0.15) is 0 Å². The van der Waals surface area contributed by atoms with Crippen LogP contribution in [0.25, 0.3) is 0 Å². The van der Waals surface area contributed by atoms with Crippen molar-refractivity contribution in [2.24, 2.45) is 5.92 Å². The zero-order valence-corrected chi connectivity index (χ0v) is 10.8. The summed E-state index contributed by atoms with van der Waals surface area (Å²) in [4.78, 5) is 11.0. The van der Waals surface area contributed by atoms with Crippen LogP contribution in [0.5, 0.6) is 17.2 Å². The monoisotopic (exact) mass is 267 g/mol. The second-order valence-electron chi connectivity index (χ2n) is 4.47. The highest BCUT2D eigenvalue weighted by atomic mass is 16.5. The lowest BCUT2D eigenvalue weighted by atomic mass is 9.98. The fourth-order valence-electron chi connectivity index (χ4n) is 2.42. The number of phenols is 1. The molecule has 2 atom stereocenters. The second kappa shape index (κ2) is 5.36. The van der Waals surface area contributed by atoms with Gasteiger partial charge >= 0.3 is 5.97 Å². The van der Waals surface area contributed by atoms with E-state index in [1.54, 1.807) is 6.07 Å². The van der Waals surface area contributed by atoms with E-state index in [1.165, 1.54) is 20.3 Å². The molecule has 1 heterocycles. The Balaban J connectivity index is 2.37. The lowest BCUT2D eigenvalue weighted by Crippen LogP contribution is -2.17. The highest BCUT2D eigenvalue weighted by Crippen LogP contribution is 2.43. The first-order valence-electron chi connectivity index (χ1n) is 5.98. The van der Waals surface area contributed by atoms with Crippen LogP contribution in [0.3, 0.4) is 0 Å². The standard InChI is InChI=1S/C13H17NO5/c1-18-10-4-3-9(15)11(12(10)19-2)8-5-7(6-14-8)13(16)17/h3-4,7-8,14-15H,5-6H2,1-2H3,(H,16,17). The van der Waals surface area contributed by atoms with Gasteiger partial charge < -0.3 is 25.0 Å². The van der Waals surface area contributed by atoms with Crippen LogP contribution in [-0.4, -0.2) is 36.9 Å². The summed E-state index contributed by atoms with van der Waals surface area (Å²) in [6.07, 6.45) is 0.409. The van der Waals surface area contributed by atoms with E-state index in [-0.39, 0.29) is 11.8 Å². The number of phenolic OH excluding ortho intramolecular Hbond substituents is 1. The SMILES string of the molecule is COc1ccc(O)c(C2CC(C(=O)O)CN2)c1OC. The molecule has 1 fully saturated rings. The molecule has 2 rings (SSSR count). The van der Waals surface area contributed by atoms with Crippen LogP contribution in [0.4, 0.5) is 0 Å². The summed E-state index contributed by atoms with van der Waals surface area (Å²) in [5.41, 5.74) is 0.547. The molecule has 3 N–H and O–H groups in total. The van der Waals surface area contributed by atoms with Gasteiger partial charge in [0, 0.05) is 12.6 Å². The third-order valence-corrected chi connectivity index (χ3v) is 3.39. The summed E-state index contributed by atoms with van der Waals surface area (Å²) >= 11 is 0. The van der Waals surface area contributed by atoms with Gasteiger partial charge in [-0.25, -0.2) is 0 Å². The maximum Gasteiger partial charge on any atom is 0.307 e. The average molecular weight is 267 g/mol. The minimum atomic E-state index is -0.837. The van der Waals surface area contributed by atoms with Crippen molar-refractivity contribution in [3.05, 3.63) is 17.7 Å². The minimum Gasteiger partial charge on any atom is -0.507 e. The first-order valence-corrected chi connectivity index (χ1v) is 5.98. The number of rotatable bonds is 4. The summed E-state index contributed by atoms with van der Waals surface area (Å²) in [6.45, 7) is 0.375. The molecule has 104 valence electrons. The average Bonchev–Trinajstić information content (AvgIpc) is 2.87. The Morgan fingerprint density at radius 3 is 2.63 bits per heavy atom. The van der Waals surface area contributed by atoms with Crippen LogP contribution in [0.2, 0.25) is 0 Å². The van der Waals surface area contributed by atoms with Crippen LogP contribution in [0.15, 0.2) is 12.1 Å². The van der Waals surface area contributed by atoms with Crippen LogP contribution in [0.1, 0.15) is 18.0 Å². The molecule has 0 saturated carbocycles. The maximum atomic E-state index is 11.0. The summed E-state index contributed by atoms with van der Waals surface area (Å²) in [7, 11) is 3.01. The van der Waals surface area contributed by atoms with Crippen LogP contribution >= 0.6 is 0 Å². The number of hydrogen-bond donors (Lipinski definition) is 3. The number of benzene rings is 1. The highest BCUT2D eigenvalue weighted by molar-refractivity contribution is 5.71. The number of methoxy groups -OCH3 is 2. The fraction of sp³-hybridized carbons (Fsp3) is 0.462. The summed E-state index contributed by atoms with van der Waals surface area (Å²) in [5.74, 6) is -0.278. The van der Waals surface area contributed by atoms with E-state index < -0.39 is 11.9 Å². The number of ether oxygens (including phenoxy) is 2. The topological polar surface area (TPSA) is 88.0 Å². The number of aliphatic carboxylic acids is 1. The molecule has 19 heavy (non-hydrogen) atoms. The Labute approximate surface area is 111 Å². The van der Waals surface area contributed by atoms with Gasteiger partial charge in [-0.05, 0) is 18.6 Å². The Bertz CT molecular complexity index is 488. The molecule has 1 aliphatic rings. The molecule has 0 radical (unpaired) electrons. The first-order chi connectivity index (χ1) is 9.08. The van der Waals surface area contributed by atoms with Gasteiger partial charge in [-0.3, -0.25) is 4.79 Å². The van der Waals surface area contributed by atoms with Crippen LogP contribution in [-0.2, 0) is 4.79 Å². The van der Waals surface area contributed by atoms with Gasteiger partial charge in [0.2, 0.25) is 0 Å². The largest absolute Gasteiger partial charge is 0.507 e. The van der Waals surface area contributed by atoms with Crippen molar-refractivity contribution < 1.29 is 24.5 Å². The smallest absolute Gasteiger partial charge is 0.307 e. The molecule has 0 aromatic heterocycles. The fourth-order valence-corrected chi connectivity index (χ4v) is 2.42. The maximum absolute atomic E-state index is 11.0. The normalized spacial score (nSPS) is 22.2. The third-order valence-electron chi connectivity index (χ3n) is 3.39. The lowest BCUT2D eigenvalue weighted by Gasteiger charge is -2.18. The molecular weight excluding hydrogens is 250 g/mol. The van der Waals surface area contributed by atoms with Crippen molar-refractivity contribution in [3.63, 3.8) is 0 Å². The van der Waals surface area contributed by atoms with Gasteiger partial charge in [0.15, 0.2) is 11.5 Å². The van der Waals surface area contributed by atoms with E-state index in [0.717, 1.165) is 0 Å². The van der Waals surface area contributed by atoms with Crippen LogP contribution < -0.4 is 14.8 Å². The summed E-state index contributed by atoms with van der Waals surface area (Å²) in [5, 5.41) is 22.1. The Hall–Kier alpha value is -1.95. The molecule has 0 aliphatic carbocycles. The number of carboxylic acids is 1. The van der Waals surface area contributed by atoms with Crippen molar-refractivity contribution in [2.75, 3.05) is 20.8 Å². The molecular formula is C13H17NO5. The van der Waals surface area contributed by atoms with Gasteiger partial charge in [0.25, 0.3) is 0 Å². The zero-order chi connectivity index (χ0) is 14.0. The molecule has 2 unspecified atom stereocenters. The lowest BCUT2D eigenvalue weighted by molar-refractivity contribution is -0.141. The van der Waals surface area contributed by atoms with Crippen molar-refractivity contribution in [2.45, 2.75) is 12.5 Å². The number of nitrogens with one attached hydrogen (secondary N) is 1. The zero-order valence-electron chi connectivity index (χ0n) is 10.8. The third kappa shape index (κ3) is 2.44.